The number of carbonyl (C=O) groups is 2. The fourth-order valence-corrected chi connectivity index (χ4v) is 7.49. The third kappa shape index (κ3) is 7.53. The molecule has 36 heavy (non-hydrogen) atoms. The summed E-state index contributed by atoms with van der Waals surface area (Å²) in [5.41, 5.74) is -0.533. The SMILES string of the molecule is CC(C)(C)C(=O)OCOP(C)(=O)C(C(=O)N/C=C/c1cc(Br)cc(Br)c1)c1csc2ccc(Cl)cc12. The molecule has 3 rings (SSSR count). The molecule has 3 aromatic rings. The Hall–Kier alpha value is -1.48. The van der Waals surface area contributed by atoms with Crippen LogP contribution in [0.1, 0.15) is 37.6 Å². The lowest BCUT2D eigenvalue weighted by atomic mass is 9.98. The topological polar surface area (TPSA) is 81.7 Å². The maximum absolute atomic E-state index is 13.8. The van der Waals surface area contributed by atoms with Gasteiger partial charge in [0.15, 0.2) is 6.79 Å². The number of fused-ring (bicyclic) bond motifs is 1. The number of benzene rings is 2. The first-order valence-electron chi connectivity index (χ1n) is 10.8. The molecule has 0 aliphatic carbocycles. The number of halogens is 3. The smallest absolute Gasteiger partial charge is 0.313 e. The van der Waals surface area contributed by atoms with E-state index in [4.69, 9.17) is 20.9 Å². The minimum Gasteiger partial charge on any atom is -0.438 e. The summed E-state index contributed by atoms with van der Waals surface area (Å²) in [4.78, 5) is 25.5. The predicted molar refractivity (Wildman–Crippen MR) is 154 cm³/mol. The minimum absolute atomic E-state index is 0.493. The lowest BCUT2D eigenvalue weighted by Crippen LogP contribution is -2.27. The van der Waals surface area contributed by atoms with Gasteiger partial charge in [0.1, 0.15) is 5.66 Å². The summed E-state index contributed by atoms with van der Waals surface area (Å²) in [6.45, 7) is 5.95. The highest BCUT2D eigenvalue weighted by molar-refractivity contribution is 9.11. The molecule has 1 N–H and O–H groups in total. The molecule has 2 atom stereocenters. The van der Waals surface area contributed by atoms with Gasteiger partial charge in [0, 0.05) is 31.5 Å². The number of thiophene rings is 1. The zero-order chi connectivity index (χ0) is 26.7. The Morgan fingerprint density at radius 1 is 1.17 bits per heavy atom. The van der Waals surface area contributed by atoms with Crippen LogP contribution in [0, 0.1) is 5.41 Å². The summed E-state index contributed by atoms with van der Waals surface area (Å²) < 4.78 is 27.1. The number of esters is 1. The van der Waals surface area contributed by atoms with E-state index in [0.29, 0.717) is 16.0 Å². The lowest BCUT2D eigenvalue weighted by Gasteiger charge is -2.24. The number of hydrogen-bond acceptors (Lipinski definition) is 6. The summed E-state index contributed by atoms with van der Waals surface area (Å²) in [5.74, 6) is -1.02. The van der Waals surface area contributed by atoms with Crippen molar-refractivity contribution in [3.63, 3.8) is 0 Å². The van der Waals surface area contributed by atoms with Crippen molar-refractivity contribution >= 4 is 90.2 Å². The molecule has 1 heterocycles. The Morgan fingerprint density at radius 3 is 2.47 bits per heavy atom. The maximum atomic E-state index is 13.8. The number of amides is 1. The highest BCUT2D eigenvalue weighted by atomic mass is 79.9. The molecule has 0 spiro atoms. The minimum atomic E-state index is -3.68. The van der Waals surface area contributed by atoms with Gasteiger partial charge < -0.3 is 10.1 Å². The van der Waals surface area contributed by atoms with Gasteiger partial charge >= 0.3 is 5.97 Å². The molecule has 1 aromatic heterocycles. The number of hydrogen-bond donors (Lipinski definition) is 1. The zero-order valence-electron chi connectivity index (χ0n) is 20.0. The van der Waals surface area contributed by atoms with Gasteiger partial charge in [-0.2, -0.15) is 0 Å². The van der Waals surface area contributed by atoms with Gasteiger partial charge in [-0.05, 0) is 85.1 Å². The average Bonchev–Trinajstić information content (AvgIpc) is 3.14. The van der Waals surface area contributed by atoms with E-state index in [2.05, 4.69) is 37.2 Å². The van der Waals surface area contributed by atoms with Crippen molar-refractivity contribution in [1.29, 1.82) is 0 Å². The first kappa shape index (κ1) is 29.1. The van der Waals surface area contributed by atoms with Crippen LogP contribution in [0.15, 0.2) is 56.9 Å². The van der Waals surface area contributed by atoms with Crippen molar-refractivity contribution < 1.29 is 23.4 Å². The van der Waals surface area contributed by atoms with Gasteiger partial charge in [-0.15, -0.1) is 11.3 Å². The van der Waals surface area contributed by atoms with Crippen LogP contribution in [0.2, 0.25) is 5.02 Å². The summed E-state index contributed by atoms with van der Waals surface area (Å²) in [6.07, 6.45) is 3.21. The Balaban J connectivity index is 1.90. The van der Waals surface area contributed by atoms with Crippen LogP contribution < -0.4 is 5.32 Å². The van der Waals surface area contributed by atoms with Gasteiger partial charge in [0.2, 0.25) is 13.3 Å². The second-order valence-electron chi connectivity index (χ2n) is 9.12. The molecule has 192 valence electrons. The summed E-state index contributed by atoms with van der Waals surface area (Å²) in [6, 6.07) is 11.0. The van der Waals surface area contributed by atoms with Crippen molar-refractivity contribution in [3.05, 3.63) is 73.1 Å². The highest BCUT2D eigenvalue weighted by Crippen LogP contribution is 2.59. The van der Waals surface area contributed by atoms with Gasteiger partial charge in [0.05, 0.1) is 5.41 Å². The number of carbonyl (C=O) groups excluding carboxylic acids is 2. The average molecular weight is 678 g/mol. The molecule has 0 radical (unpaired) electrons. The maximum Gasteiger partial charge on any atom is 0.313 e. The van der Waals surface area contributed by atoms with Crippen LogP contribution >= 0.6 is 62.2 Å². The van der Waals surface area contributed by atoms with Crippen molar-refractivity contribution in [2.45, 2.75) is 26.4 Å². The fraction of sp³-hybridized carbons (Fsp3) is 0.280. The van der Waals surface area contributed by atoms with E-state index in [1.165, 1.54) is 24.2 Å². The largest absolute Gasteiger partial charge is 0.438 e. The molecule has 0 aliphatic heterocycles. The second kappa shape index (κ2) is 11.9. The van der Waals surface area contributed by atoms with E-state index in [1.807, 2.05) is 24.3 Å². The van der Waals surface area contributed by atoms with Crippen molar-refractivity contribution in [2.24, 2.45) is 5.41 Å². The highest BCUT2D eigenvalue weighted by Gasteiger charge is 2.39. The molecule has 0 saturated heterocycles. The van der Waals surface area contributed by atoms with E-state index < -0.39 is 37.1 Å². The molecular weight excluding hydrogens is 653 g/mol. The first-order chi connectivity index (χ1) is 16.8. The normalized spacial score (nSPS) is 14.5. The van der Waals surface area contributed by atoms with Crippen LogP contribution in [0.25, 0.3) is 16.2 Å². The number of rotatable bonds is 8. The summed E-state index contributed by atoms with van der Waals surface area (Å²) in [7, 11) is -3.68. The molecule has 2 aromatic carbocycles. The van der Waals surface area contributed by atoms with E-state index in [-0.39, 0.29) is 0 Å². The monoisotopic (exact) mass is 675 g/mol. The third-order valence-electron chi connectivity index (χ3n) is 5.08. The molecule has 11 heteroatoms. The van der Waals surface area contributed by atoms with Crippen molar-refractivity contribution in [2.75, 3.05) is 13.5 Å². The zero-order valence-corrected chi connectivity index (χ0v) is 25.7. The fourth-order valence-electron chi connectivity index (χ4n) is 3.29. The van der Waals surface area contributed by atoms with Crippen molar-refractivity contribution in [3.8, 4) is 0 Å². The Labute approximate surface area is 236 Å². The Bertz CT molecular complexity index is 1350. The molecule has 6 nitrogen and oxygen atoms in total. The van der Waals surface area contributed by atoms with Crippen LogP contribution in [0.4, 0.5) is 0 Å². The molecule has 0 aliphatic rings. The molecule has 0 fully saturated rings. The van der Waals surface area contributed by atoms with Gasteiger partial charge in [0.25, 0.3) is 0 Å². The standard InChI is InChI=1S/C25H25Br2ClNO5PS/c1-25(2,3)24(31)33-14-34-35(4,32)22(20-13-36-21-6-5-18(28)12-19(20)21)23(30)29-8-7-15-9-16(26)11-17(27)10-15/h5-13,22H,14H2,1-4H3,(H,29,30)/b8-7+. The van der Waals surface area contributed by atoms with Gasteiger partial charge in [-0.1, -0.05) is 43.5 Å². The Kier molecular flexibility index (Phi) is 9.63. The van der Waals surface area contributed by atoms with Crippen LogP contribution in [0.5, 0.6) is 0 Å². The van der Waals surface area contributed by atoms with E-state index in [0.717, 1.165) is 19.2 Å². The number of ether oxygens (including phenoxy) is 1. The third-order valence-corrected chi connectivity index (χ3v) is 9.28. The van der Waals surface area contributed by atoms with E-state index >= 15 is 0 Å². The van der Waals surface area contributed by atoms with Gasteiger partial charge in [-0.3, -0.25) is 18.7 Å². The molecule has 2 unspecified atom stereocenters. The van der Waals surface area contributed by atoms with Gasteiger partial charge in [-0.25, -0.2) is 0 Å². The Morgan fingerprint density at radius 2 is 1.83 bits per heavy atom. The van der Waals surface area contributed by atoms with Crippen molar-refractivity contribution in [1.82, 2.24) is 5.32 Å². The molecule has 0 saturated carbocycles. The summed E-state index contributed by atoms with van der Waals surface area (Å²) >= 11 is 14.5. The molecule has 1 amide bonds. The van der Waals surface area contributed by atoms with Crippen LogP contribution in [-0.2, 0) is 23.4 Å². The molecular formula is C25H25Br2ClNO5PS. The van der Waals surface area contributed by atoms with Crippen LogP contribution in [0.3, 0.4) is 0 Å². The first-order valence-corrected chi connectivity index (χ1v) is 15.7. The predicted octanol–water partition coefficient (Wildman–Crippen LogP) is 8.38. The van der Waals surface area contributed by atoms with E-state index in [1.54, 1.807) is 44.4 Å². The second-order valence-corrected chi connectivity index (χ2v) is 14.9. The summed E-state index contributed by atoms with van der Waals surface area (Å²) in [5, 5.41) is 5.71. The quantitative estimate of drug-likeness (QED) is 0.147. The molecule has 0 bridgehead atoms. The lowest BCUT2D eigenvalue weighted by molar-refractivity contribution is -0.159. The van der Waals surface area contributed by atoms with Crippen LogP contribution in [-0.4, -0.2) is 25.3 Å². The van der Waals surface area contributed by atoms with E-state index in [9.17, 15) is 14.2 Å². The number of nitrogens with one attached hydrogen (secondary N) is 1.